The van der Waals surface area contributed by atoms with Crippen LogP contribution in [0.2, 0.25) is 0 Å². The highest BCUT2D eigenvalue weighted by Crippen LogP contribution is 2.33. The Hall–Kier alpha value is -2.82. The SMILES string of the molecule is COC(=O)C1CC(=O)N(c2ccc3c(c2)oc2ccccc23)C1. The number of methoxy groups -OCH3 is 1. The lowest BCUT2D eigenvalue weighted by molar-refractivity contribution is -0.145. The zero-order valence-corrected chi connectivity index (χ0v) is 12.6. The number of carbonyl (C=O) groups is 2. The van der Waals surface area contributed by atoms with Gasteiger partial charge in [-0.15, -0.1) is 0 Å². The Bertz CT molecular complexity index is 927. The van der Waals surface area contributed by atoms with Gasteiger partial charge in [0.2, 0.25) is 5.91 Å². The predicted octanol–water partition coefficient (Wildman–Crippen LogP) is 3.11. The van der Waals surface area contributed by atoms with Gasteiger partial charge in [-0.05, 0) is 18.2 Å². The van der Waals surface area contributed by atoms with Crippen molar-refractivity contribution in [3.05, 3.63) is 42.5 Å². The second-order valence-corrected chi connectivity index (χ2v) is 5.71. The summed E-state index contributed by atoms with van der Waals surface area (Å²) in [6.07, 6.45) is 0.185. The van der Waals surface area contributed by atoms with Gasteiger partial charge in [0.05, 0.1) is 13.0 Å². The van der Waals surface area contributed by atoms with Crippen molar-refractivity contribution >= 4 is 39.5 Å². The van der Waals surface area contributed by atoms with Gasteiger partial charge in [-0.25, -0.2) is 0 Å². The Morgan fingerprint density at radius 1 is 1.17 bits per heavy atom. The molecular weight excluding hydrogens is 294 g/mol. The summed E-state index contributed by atoms with van der Waals surface area (Å²) in [6, 6.07) is 13.5. The van der Waals surface area contributed by atoms with Crippen LogP contribution in [-0.4, -0.2) is 25.5 Å². The van der Waals surface area contributed by atoms with Crippen LogP contribution in [0.1, 0.15) is 6.42 Å². The van der Waals surface area contributed by atoms with Crippen molar-refractivity contribution in [2.75, 3.05) is 18.6 Å². The van der Waals surface area contributed by atoms with Crippen LogP contribution in [0.15, 0.2) is 46.9 Å². The molecule has 1 atom stereocenters. The molecule has 0 spiro atoms. The topological polar surface area (TPSA) is 59.8 Å². The fraction of sp³-hybridized carbons (Fsp3) is 0.222. The average molecular weight is 309 g/mol. The largest absolute Gasteiger partial charge is 0.469 e. The van der Waals surface area contributed by atoms with Crippen LogP contribution in [0.25, 0.3) is 21.9 Å². The standard InChI is InChI=1S/C18H15NO4/c1-22-18(21)11-8-17(20)19(10-11)12-6-7-14-13-4-2-3-5-15(13)23-16(14)9-12/h2-7,9,11H,8,10H2,1H3. The van der Waals surface area contributed by atoms with Crippen LogP contribution in [0.5, 0.6) is 0 Å². The van der Waals surface area contributed by atoms with Crippen LogP contribution < -0.4 is 4.90 Å². The van der Waals surface area contributed by atoms with E-state index in [1.165, 1.54) is 7.11 Å². The Morgan fingerprint density at radius 2 is 1.96 bits per heavy atom. The quantitative estimate of drug-likeness (QED) is 0.682. The van der Waals surface area contributed by atoms with Crippen LogP contribution in [0.3, 0.4) is 0 Å². The first kappa shape index (κ1) is 13.8. The van der Waals surface area contributed by atoms with Gasteiger partial charge in [0.25, 0.3) is 0 Å². The highest BCUT2D eigenvalue weighted by molar-refractivity contribution is 6.07. The molecular formula is C18H15NO4. The predicted molar refractivity (Wildman–Crippen MR) is 86.2 cm³/mol. The molecule has 5 nitrogen and oxygen atoms in total. The van der Waals surface area contributed by atoms with Gasteiger partial charge in [0.1, 0.15) is 11.2 Å². The molecule has 0 aliphatic carbocycles. The lowest BCUT2D eigenvalue weighted by atomic mass is 10.1. The number of fused-ring (bicyclic) bond motifs is 3. The van der Waals surface area contributed by atoms with Crippen molar-refractivity contribution in [1.29, 1.82) is 0 Å². The van der Waals surface area contributed by atoms with Crippen LogP contribution >= 0.6 is 0 Å². The van der Waals surface area contributed by atoms with Gasteiger partial charge in [-0.3, -0.25) is 9.59 Å². The average Bonchev–Trinajstić information content (AvgIpc) is 3.13. The number of furan rings is 1. The molecule has 0 saturated carbocycles. The third kappa shape index (κ3) is 2.16. The summed E-state index contributed by atoms with van der Waals surface area (Å²) < 4.78 is 10.6. The number of hydrogen-bond acceptors (Lipinski definition) is 4. The van der Waals surface area contributed by atoms with E-state index in [1.54, 1.807) is 4.90 Å². The number of para-hydroxylation sites is 1. The smallest absolute Gasteiger partial charge is 0.311 e. The summed E-state index contributed by atoms with van der Waals surface area (Å²) in [7, 11) is 1.34. The van der Waals surface area contributed by atoms with E-state index in [1.807, 2.05) is 42.5 Å². The van der Waals surface area contributed by atoms with Crippen molar-refractivity contribution in [3.8, 4) is 0 Å². The van der Waals surface area contributed by atoms with E-state index >= 15 is 0 Å². The van der Waals surface area contributed by atoms with Crippen molar-refractivity contribution < 1.29 is 18.7 Å². The van der Waals surface area contributed by atoms with E-state index in [-0.39, 0.29) is 18.3 Å². The monoisotopic (exact) mass is 309 g/mol. The Balaban J connectivity index is 1.73. The van der Waals surface area contributed by atoms with Gasteiger partial charge in [0, 0.05) is 35.5 Å². The van der Waals surface area contributed by atoms with Crippen molar-refractivity contribution in [3.63, 3.8) is 0 Å². The van der Waals surface area contributed by atoms with Crippen molar-refractivity contribution in [1.82, 2.24) is 0 Å². The molecule has 1 unspecified atom stereocenters. The maximum absolute atomic E-state index is 12.2. The minimum absolute atomic E-state index is 0.0733. The Morgan fingerprint density at radius 3 is 2.78 bits per heavy atom. The van der Waals surface area contributed by atoms with Crippen LogP contribution in [0.4, 0.5) is 5.69 Å². The second-order valence-electron chi connectivity index (χ2n) is 5.71. The number of rotatable bonds is 2. The Labute approximate surface area is 132 Å². The molecule has 23 heavy (non-hydrogen) atoms. The number of anilines is 1. The summed E-state index contributed by atoms with van der Waals surface area (Å²) in [4.78, 5) is 25.5. The van der Waals surface area contributed by atoms with Crippen LogP contribution in [-0.2, 0) is 14.3 Å². The second kappa shape index (κ2) is 5.12. The molecule has 1 fully saturated rings. The third-order valence-corrected chi connectivity index (χ3v) is 4.33. The molecule has 1 aliphatic heterocycles. The molecule has 0 N–H and O–H groups in total. The van der Waals surface area contributed by atoms with Crippen molar-refractivity contribution in [2.24, 2.45) is 5.92 Å². The first-order valence-corrected chi connectivity index (χ1v) is 7.47. The van der Waals surface area contributed by atoms with Gasteiger partial charge >= 0.3 is 5.97 Å². The zero-order chi connectivity index (χ0) is 16.0. The minimum atomic E-state index is -0.404. The van der Waals surface area contributed by atoms with E-state index in [4.69, 9.17) is 9.15 Å². The highest BCUT2D eigenvalue weighted by Gasteiger charge is 2.35. The van der Waals surface area contributed by atoms with E-state index < -0.39 is 5.92 Å². The van der Waals surface area contributed by atoms with Crippen LogP contribution in [0, 0.1) is 5.92 Å². The first-order chi connectivity index (χ1) is 11.2. The molecule has 1 aromatic heterocycles. The fourth-order valence-electron chi connectivity index (χ4n) is 3.16. The third-order valence-electron chi connectivity index (χ3n) is 4.33. The molecule has 2 aromatic carbocycles. The summed E-state index contributed by atoms with van der Waals surface area (Å²) in [5.74, 6) is -0.819. The van der Waals surface area contributed by atoms with Gasteiger partial charge in [-0.2, -0.15) is 0 Å². The van der Waals surface area contributed by atoms with E-state index in [0.717, 1.165) is 27.6 Å². The summed E-state index contributed by atoms with van der Waals surface area (Å²) in [6.45, 7) is 0.344. The fourth-order valence-corrected chi connectivity index (χ4v) is 3.16. The molecule has 2 heterocycles. The lowest BCUT2D eigenvalue weighted by Gasteiger charge is -2.16. The molecule has 5 heteroatoms. The molecule has 116 valence electrons. The van der Waals surface area contributed by atoms with Gasteiger partial charge < -0.3 is 14.1 Å². The molecule has 1 amide bonds. The van der Waals surface area contributed by atoms with Crippen molar-refractivity contribution in [2.45, 2.75) is 6.42 Å². The Kier molecular flexibility index (Phi) is 3.08. The molecule has 3 aromatic rings. The minimum Gasteiger partial charge on any atom is -0.469 e. The molecule has 1 saturated heterocycles. The lowest BCUT2D eigenvalue weighted by Crippen LogP contribution is -2.26. The first-order valence-electron chi connectivity index (χ1n) is 7.47. The van der Waals surface area contributed by atoms with Gasteiger partial charge in [0.15, 0.2) is 0 Å². The number of hydrogen-bond donors (Lipinski definition) is 0. The summed E-state index contributed by atoms with van der Waals surface area (Å²) in [5.41, 5.74) is 2.30. The number of benzene rings is 2. The van der Waals surface area contributed by atoms with E-state index in [2.05, 4.69) is 0 Å². The van der Waals surface area contributed by atoms with Gasteiger partial charge in [-0.1, -0.05) is 18.2 Å². The highest BCUT2D eigenvalue weighted by atomic mass is 16.5. The van der Waals surface area contributed by atoms with E-state index in [9.17, 15) is 9.59 Å². The number of amides is 1. The number of ether oxygens (including phenoxy) is 1. The molecule has 0 radical (unpaired) electrons. The van der Waals surface area contributed by atoms with E-state index in [0.29, 0.717) is 6.54 Å². The normalized spacial score (nSPS) is 18.0. The molecule has 4 rings (SSSR count). The number of nitrogens with zero attached hydrogens (tertiary/aromatic N) is 1. The maximum atomic E-state index is 12.2. The molecule has 0 bridgehead atoms. The number of carbonyl (C=O) groups excluding carboxylic acids is 2. The zero-order valence-electron chi connectivity index (χ0n) is 12.6. The molecule has 1 aliphatic rings. The summed E-state index contributed by atoms with van der Waals surface area (Å²) >= 11 is 0. The summed E-state index contributed by atoms with van der Waals surface area (Å²) in [5, 5.41) is 2.06. The maximum Gasteiger partial charge on any atom is 0.311 e. The number of esters is 1.